The fourth-order valence-corrected chi connectivity index (χ4v) is 7.06. The van der Waals surface area contributed by atoms with Crippen molar-refractivity contribution in [3.63, 3.8) is 0 Å². The third kappa shape index (κ3) is 37.0. The molecular formula is C41H84N2O6P+. The Morgan fingerprint density at radius 3 is 1.38 bits per heavy atom. The molecule has 0 radical (unpaired) electrons. The lowest BCUT2D eigenvalue weighted by Crippen LogP contribution is -2.37. The van der Waals surface area contributed by atoms with Crippen LogP contribution in [0.3, 0.4) is 0 Å². The largest absolute Gasteiger partial charge is 0.472 e. The first-order chi connectivity index (χ1) is 24.0. The average molecular weight is 732 g/mol. The molecule has 1 amide bonds. The lowest BCUT2D eigenvalue weighted by Gasteiger charge is -2.24. The van der Waals surface area contributed by atoms with Gasteiger partial charge in [0.2, 0.25) is 5.91 Å². The Balaban J connectivity index is 4.36. The van der Waals surface area contributed by atoms with Gasteiger partial charge in [-0.1, -0.05) is 168 Å². The van der Waals surface area contributed by atoms with Crippen molar-refractivity contribution in [3.05, 3.63) is 0 Å². The number of ketones is 1. The molecule has 0 aromatic heterocycles. The van der Waals surface area contributed by atoms with Gasteiger partial charge >= 0.3 is 7.82 Å². The van der Waals surface area contributed by atoms with Crippen LogP contribution in [-0.2, 0) is 23.2 Å². The number of phosphoric ester groups is 1. The van der Waals surface area contributed by atoms with E-state index in [1.54, 1.807) is 0 Å². The Hall–Kier alpha value is -0.790. The molecule has 0 fully saturated rings. The summed E-state index contributed by atoms with van der Waals surface area (Å²) in [6.45, 7) is 5.31. The second-order valence-corrected chi connectivity index (χ2v) is 17.5. The smallest absolute Gasteiger partial charge is 0.356 e. The minimum Gasteiger partial charge on any atom is -0.356 e. The lowest BCUT2D eigenvalue weighted by molar-refractivity contribution is -0.870. The molecule has 0 aromatic rings. The number of quaternary nitrogens is 1. The van der Waals surface area contributed by atoms with E-state index in [1.807, 2.05) is 21.1 Å². The van der Waals surface area contributed by atoms with Gasteiger partial charge in [0.25, 0.3) is 0 Å². The molecule has 2 atom stereocenters. The van der Waals surface area contributed by atoms with Crippen LogP contribution in [0.25, 0.3) is 0 Å². The molecule has 0 aromatic carbocycles. The Kier molecular flexibility index (Phi) is 33.5. The maximum Gasteiger partial charge on any atom is 0.472 e. The third-order valence-corrected chi connectivity index (χ3v) is 10.6. The zero-order valence-corrected chi connectivity index (χ0v) is 34.7. The number of nitrogens with one attached hydrogen (secondary N) is 1. The van der Waals surface area contributed by atoms with Crippen LogP contribution in [0, 0.1) is 5.92 Å². The van der Waals surface area contributed by atoms with Crippen molar-refractivity contribution in [2.45, 2.75) is 200 Å². The third-order valence-electron chi connectivity index (χ3n) is 9.66. The number of unbranched alkanes of at least 4 members (excludes halogenated alkanes) is 24. The van der Waals surface area contributed by atoms with Gasteiger partial charge < -0.3 is 14.7 Å². The summed E-state index contributed by atoms with van der Waals surface area (Å²) in [5.41, 5.74) is 0. The Labute approximate surface area is 310 Å². The second kappa shape index (κ2) is 34.0. The summed E-state index contributed by atoms with van der Waals surface area (Å²) < 4.78 is 23.6. The van der Waals surface area contributed by atoms with Gasteiger partial charge in [0.1, 0.15) is 18.9 Å². The summed E-state index contributed by atoms with van der Waals surface area (Å²) in [5.74, 6) is -0.290. The first-order valence-electron chi connectivity index (χ1n) is 21.2. The van der Waals surface area contributed by atoms with Crippen molar-refractivity contribution >= 4 is 19.5 Å². The molecule has 0 heterocycles. The van der Waals surface area contributed by atoms with Crippen molar-refractivity contribution in [2.24, 2.45) is 5.92 Å². The van der Waals surface area contributed by atoms with E-state index in [4.69, 9.17) is 9.05 Å². The summed E-state index contributed by atoms with van der Waals surface area (Å²) in [4.78, 5) is 35.7. The summed E-state index contributed by atoms with van der Waals surface area (Å²) in [7, 11) is 1.68. The molecule has 298 valence electrons. The molecule has 0 aliphatic heterocycles. The molecule has 0 saturated carbocycles. The minimum atomic E-state index is -4.25. The molecule has 2 N–H and O–H groups in total. The molecular weight excluding hydrogens is 647 g/mol. The van der Waals surface area contributed by atoms with E-state index in [1.165, 1.54) is 128 Å². The summed E-state index contributed by atoms with van der Waals surface area (Å²) in [6, 6.07) is 0. The van der Waals surface area contributed by atoms with Gasteiger partial charge in [-0.2, -0.15) is 0 Å². The molecule has 0 bridgehead atoms. The van der Waals surface area contributed by atoms with Gasteiger partial charge in [0.05, 0.1) is 27.7 Å². The molecule has 2 unspecified atom stereocenters. The number of hydrogen-bond acceptors (Lipinski definition) is 5. The quantitative estimate of drug-likeness (QED) is 0.0371. The van der Waals surface area contributed by atoms with E-state index in [9.17, 15) is 19.0 Å². The van der Waals surface area contributed by atoms with E-state index in [-0.39, 0.29) is 43.8 Å². The number of carbonyl (C=O) groups is 2. The van der Waals surface area contributed by atoms with Crippen LogP contribution in [0.5, 0.6) is 0 Å². The second-order valence-electron chi connectivity index (χ2n) is 16.0. The standard InChI is InChI=1S/C41H83N2O6P/c1-6-8-10-12-14-16-18-20-22-24-26-28-30-32-40(44)36-39(38-49-50(46,47)48-35-34-43(3,4)5)37-42-41(45)33-31-29-27-25-23-21-19-17-15-13-11-9-7-2/h39H,6-38H2,1-5H3,(H-,42,45,46,47)/p+1. The number of hydrogen-bond donors (Lipinski definition) is 2. The normalized spacial score (nSPS) is 13.7. The maximum atomic E-state index is 12.9. The van der Waals surface area contributed by atoms with Gasteiger partial charge in [-0.15, -0.1) is 0 Å². The van der Waals surface area contributed by atoms with Gasteiger partial charge in [-0.25, -0.2) is 4.57 Å². The van der Waals surface area contributed by atoms with Crippen LogP contribution in [0.15, 0.2) is 0 Å². The number of phosphoric acid groups is 1. The van der Waals surface area contributed by atoms with Crippen molar-refractivity contribution in [1.82, 2.24) is 5.32 Å². The van der Waals surface area contributed by atoms with Gasteiger partial charge in [-0.05, 0) is 12.8 Å². The summed E-state index contributed by atoms with van der Waals surface area (Å²) in [6.07, 6.45) is 34.0. The fraction of sp³-hybridized carbons (Fsp3) is 0.951. The predicted octanol–water partition coefficient (Wildman–Crippen LogP) is 11.5. The van der Waals surface area contributed by atoms with Crippen molar-refractivity contribution < 1.29 is 32.6 Å². The minimum absolute atomic E-state index is 0.0339. The van der Waals surface area contributed by atoms with Crippen LogP contribution in [0.2, 0.25) is 0 Å². The first-order valence-corrected chi connectivity index (χ1v) is 22.7. The fourth-order valence-electron chi connectivity index (χ4n) is 6.27. The maximum absolute atomic E-state index is 12.9. The zero-order valence-electron chi connectivity index (χ0n) is 33.8. The summed E-state index contributed by atoms with van der Waals surface area (Å²) in [5, 5.41) is 2.96. The molecule has 8 nitrogen and oxygen atoms in total. The first kappa shape index (κ1) is 49.2. The molecule has 0 saturated heterocycles. The highest BCUT2D eigenvalue weighted by Crippen LogP contribution is 2.43. The van der Waals surface area contributed by atoms with Crippen molar-refractivity contribution in [1.29, 1.82) is 0 Å². The number of nitrogens with zero attached hydrogens (tertiary/aromatic N) is 1. The molecule has 0 spiro atoms. The Morgan fingerprint density at radius 1 is 0.600 bits per heavy atom. The van der Waals surface area contributed by atoms with E-state index in [0.29, 0.717) is 23.9 Å². The highest BCUT2D eigenvalue weighted by Gasteiger charge is 2.26. The number of likely N-dealkylation sites (N-methyl/N-ethyl adjacent to an activating group) is 1. The van der Waals surface area contributed by atoms with Crippen LogP contribution < -0.4 is 5.32 Å². The Morgan fingerprint density at radius 2 is 0.980 bits per heavy atom. The predicted molar refractivity (Wildman–Crippen MR) is 211 cm³/mol. The number of Topliss-reactive ketones (excluding diaryl/α,β-unsaturated/α-hetero) is 1. The average Bonchev–Trinajstić information content (AvgIpc) is 3.06. The molecule has 0 aliphatic carbocycles. The van der Waals surface area contributed by atoms with Gasteiger partial charge in [-0.3, -0.25) is 18.6 Å². The van der Waals surface area contributed by atoms with Crippen molar-refractivity contribution in [2.75, 3.05) is 47.4 Å². The van der Waals surface area contributed by atoms with Crippen LogP contribution in [0.4, 0.5) is 0 Å². The molecule has 0 rings (SSSR count). The van der Waals surface area contributed by atoms with E-state index in [2.05, 4.69) is 19.2 Å². The highest BCUT2D eigenvalue weighted by atomic mass is 31.2. The monoisotopic (exact) mass is 732 g/mol. The van der Waals surface area contributed by atoms with E-state index >= 15 is 0 Å². The van der Waals surface area contributed by atoms with Crippen molar-refractivity contribution in [3.8, 4) is 0 Å². The topological polar surface area (TPSA) is 102 Å². The van der Waals surface area contributed by atoms with Crippen LogP contribution >= 0.6 is 7.82 Å². The molecule has 50 heavy (non-hydrogen) atoms. The zero-order chi connectivity index (χ0) is 37.2. The van der Waals surface area contributed by atoms with Crippen LogP contribution in [0.1, 0.15) is 200 Å². The number of carbonyl (C=O) groups excluding carboxylic acids is 2. The van der Waals surface area contributed by atoms with Gasteiger partial charge in [0, 0.05) is 31.7 Å². The highest BCUT2D eigenvalue weighted by molar-refractivity contribution is 7.47. The molecule has 9 heteroatoms. The summed E-state index contributed by atoms with van der Waals surface area (Å²) >= 11 is 0. The Bertz CT molecular complexity index is 834. The molecule has 0 aliphatic rings. The van der Waals surface area contributed by atoms with Gasteiger partial charge in [0.15, 0.2) is 0 Å². The van der Waals surface area contributed by atoms with E-state index in [0.717, 1.165) is 38.5 Å². The SMILES string of the molecule is CCCCCCCCCCCCCCCC(=O)CC(CNC(=O)CCCCCCCCCCCCCCC)COP(=O)(O)OCC[N+](C)(C)C. The number of amides is 1. The van der Waals surface area contributed by atoms with E-state index < -0.39 is 7.82 Å². The van der Waals surface area contributed by atoms with Crippen LogP contribution in [-0.4, -0.2) is 68.5 Å². The number of rotatable bonds is 39. The lowest BCUT2D eigenvalue weighted by atomic mass is 9.99.